The van der Waals surface area contributed by atoms with Gasteiger partial charge in [0.05, 0.1) is 32.0 Å². The fourth-order valence-electron chi connectivity index (χ4n) is 3.85. The van der Waals surface area contributed by atoms with E-state index in [1.807, 2.05) is 12.1 Å². The quantitative estimate of drug-likeness (QED) is 0.676. The molecule has 178 valence electrons. The van der Waals surface area contributed by atoms with E-state index in [9.17, 15) is 22.4 Å². The normalized spacial score (nSPS) is 21.8. The molecule has 2 aliphatic heterocycles. The molecule has 1 amide bonds. The Balaban J connectivity index is 0.000000383. The molecular weight excluding hydrogens is 448 g/mol. The lowest BCUT2D eigenvalue weighted by atomic mass is 9.82. The van der Waals surface area contributed by atoms with E-state index in [2.05, 4.69) is 4.98 Å². The van der Waals surface area contributed by atoms with Crippen LogP contribution in [0.25, 0.3) is 0 Å². The Labute approximate surface area is 186 Å². The molecule has 3 heterocycles. The van der Waals surface area contributed by atoms with Crippen LogP contribution >= 0.6 is 0 Å². The van der Waals surface area contributed by atoms with Crippen molar-refractivity contribution in [3.05, 3.63) is 65.7 Å². The number of carboxylic acid groups (broad SMARTS) is 1. The molecule has 2 atom stereocenters. The molecule has 1 N–H and O–H groups in total. The second-order valence-electron chi connectivity index (χ2n) is 7.90. The maximum Gasteiger partial charge on any atom is 0.490 e. The van der Waals surface area contributed by atoms with Gasteiger partial charge in [0.1, 0.15) is 5.82 Å². The third kappa shape index (κ3) is 6.05. The summed E-state index contributed by atoms with van der Waals surface area (Å²) < 4.78 is 57.3. The van der Waals surface area contributed by atoms with Crippen molar-refractivity contribution < 1.29 is 41.7 Å². The summed E-state index contributed by atoms with van der Waals surface area (Å²) in [6.45, 7) is 3.25. The number of ether oxygens (including phenoxy) is 2. The number of alkyl halides is 3. The lowest BCUT2D eigenvalue weighted by Gasteiger charge is -2.27. The van der Waals surface area contributed by atoms with E-state index in [0.29, 0.717) is 39.5 Å². The van der Waals surface area contributed by atoms with Crippen molar-refractivity contribution in [2.24, 2.45) is 11.3 Å². The van der Waals surface area contributed by atoms with E-state index in [4.69, 9.17) is 19.4 Å². The number of hydrogen-bond donors (Lipinski definition) is 1. The molecule has 0 unspecified atom stereocenters. The number of carboxylic acids is 1. The Morgan fingerprint density at radius 3 is 2.61 bits per heavy atom. The highest BCUT2D eigenvalue weighted by Crippen LogP contribution is 2.42. The van der Waals surface area contributed by atoms with Crippen LogP contribution in [-0.2, 0) is 20.9 Å². The van der Waals surface area contributed by atoms with Gasteiger partial charge >= 0.3 is 12.1 Å². The Hall–Kier alpha value is -3.05. The van der Waals surface area contributed by atoms with Crippen LogP contribution in [0.5, 0.6) is 0 Å². The van der Waals surface area contributed by atoms with Gasteiger partial charge in [0.25, 0.3) is 5.91 Å². The molecule has 0 radical (unpaired) electrons. The lowest BCUT2D eigenvalue weighted by Crippen LogP contribution is -2.37. The SMILES string of the molecule is O=C(O)C(F)(F)F.O=C(c1ccccc1F)N1C[C@@H]2COC[C@]2(COCc2cccnc2)C1. The number of carbonyl (C=O) groups excluding carboxylic acids is 1. The van der Waals surface area contributed by atoms with Gasteiger partial charge in [-0.15, -0.1) is 0 Å². The number of amides is 1. The van der Waals surface area contributed by atoms with Crippen LogP contribution in [0.1, 0.15) is 15.9 Å². The second-order valence-corrected chi connectivity index (χ2v) is 7.90. The summed E-state index contributed by atoms with van der Waals surface area (Å²) in [5, 5.41) is 7.12. The highest BCUT2D eigenvalue weighted by molar-refractivity contribution is 5.94. The molecule has 33 heavy (non-hydrogen) atoms. The summed E-state index contributed by atoms with van der Waals surface area (Å²) in [6.07, 6.45) is -1.57. The Bertz CT molecular complexity index is 973. The van der Waals surface area contributed by atoms with Crippen LogP contribution in [0, 0.1) is 17.2 Å². The van der Waals surface area contributed by atoms with Crippen LogP contribution in [0.15, 0.2) is 48.8 Å². The summed E-state index contributed by atoms with van der Waals surface area (Å²) in [5.41, 5.74) is 0.917. The standard InChI is InChI=1S/C20H21FN2O3.C2HF3O2/c21-18-6-2-1-5-17(18)19(24)23-9-16-11-26-14-20(16,12-23)13-25-10-15-4-3-7-22-8-15;3-2(4,5)1(6)7/h1-8,16H,9-14H2;(H,6,7)/t16-,20-;/m1./s1. The minimum atomic E-state index is -5.08. The molecule has 2 aliphatic rings. The fraction of sp³-hybridized carbons (Fsp3) is 0.409. The maximum absolute atomic E-state index is 14.0. The van der Waals surface area contributed by atoms with Crippen molar-refractivity contribution in [3.63, 3.8) is 0 Å². The summed E-state index contributed by atoms with van der Waals surface area (Å²) >= 11 is 0. The van der Waals surface area contributed by atoms with E-state index in [-0.39, 0.29) is 22.8 Å². The average molecular weight is 470 g/mol. The van der Waals surface area contributed by atoms with Crippen LogP contribution in [0.3, 0.4) is 0 Å². The monoisotopic (exact) mass is 470 g/mol. The first-order valence-electron chi connectivity index (χ1n) is 10.0. The maximum atomic E-state index is 14.0. The number of likely N-dealkylation sites (tertiary alicyclic amines) is 1. The van der Waals surface area contributed by atoms with Crippen LogP contribution < -0.4 is 0 Å². The average Bonchev–Trinajstić information content (AvgIpc) is 3.31. The largest absolute Gasteiger partial charge is 0.490 e. The molecule has 2 saturated heterocycles. The van der Waals surface area contributed by atoms with Gasteiger partial charge in [-0.05, 0) is 23.8 Å². The van der Waals surface area contributed by atoms with E-state index < -0.39 is 18.0 Å². The molecule has 0 saturated carbocycles. The zero-order valence-electron chi connectivity index (χ0n) is 17.4. The van der Waals surface area contributed by atoms with Gasteiger partial charge in [-0.3, -0.25) is 9.78 Å². The summed E-state index contributed by atoms with van der Waals surface area (Å²) in [5.74, 6) is -3.28. The molecule has 2 fully saturated rings. The van der Waals surface area contributed by atoms with E-state index in [1.54, 1.807) is 29.4 Å². The van der Waals surface area contributed by atoms with Crippen molar-refractivity contribution in [2.45, 2.75) is 12.8 Å². The topological polar surface area (TPSA) is 89.0 Å². The van der Waals surface area contributed by atoms with Crippen molar-refractivity contribution in [2.75, 3.05) is 32.9 Å². The van der Waals surface area contributed by atoms with Gasteiger partial charge in [-0.1, -0.05) is 18.2 Å². The number of aliphatic carboxylic acids is 1. The van der Waals surface area contributed by atoms with E-state index in [1.165, 1.54) is 12.1 Å². The highest BCUT2D eigenvalue weighted by atomic mass is 19.4. The predicted molar refractivity (Wildman–Crippen MR) is 107 cm³/mol. The molecule has 7 nitrogen and oxygen atoms in total. The Morgan fingerprint density at radius 1 is 1.24 bits per heavy atom. The molecule has 1 aromatic heterocycles. The summed E-state index contributed by atoms with van der Waals surface area (Å²) in [4.78, 5) is 27.4. The fourth-order valence-corrected chi connectivity index (χ4v) is 3.85. The van der Waals surface area contributed by atoms with Crippen LogP contribution in [0.2, 0.25) is 0 Å². The lowest BCUT2D eigenvalue weighted by molar-refractivity contribution is -0.192. The molecule has 0 aliphatic carbocycles. The number of halogens is 4. The Morgan fingerprint density at radius 2 is 1.97 bits per heavy atom. The van der Waals surface area contributed by atoms with Crippen molar-refractivity contribution >= 4 is 11.9 Å². The highest BCUT2D eigenvalue weighted by Gasteiger charge is 2.52. The number of carbonyl (C=O) groups is 2. The van der Waals surface area contributed by atoms with Crippen molar-refractivity contribution in [1.29, 1.82) is 0 Å². The predicted octanol–water partition coefficient (Wildman–Crippen LogP) is 3.16. The van der Waals surface area contributed by atoms with Crippen molar-refractivity contribution in [1.82, 2.24) is 9.88 Å². The molecule has 2 aromatic rings. The van der Waals surface area contributed by atoms with Crippen LogP contribution in [-0.4, -0.2) is 66.0 Å². The first-order chi connectivity index (χ1) is 15.6. The Kier molecular flexibility index (Phi) is 7.65. The first-order valence-corrected chi connectivity index (χ1v) is 10.0. The number of rotatable bonds is 5. The molecular formula is C22H22F4N2O5. The zero-order valence-corrected chi connectivity index (χ0v) is 17.4. The molecule has 11 heteroatoms. The number of hydrogen-bond acceptors (Lipinski definition) is 5. The van der Waals surface area contributed by atoms with Gasteiger partial charge in [0.15, 0.2) is 0 Å². The zero-order chi connectivity index (χ0) is 24.1. The smallest absolute Gasteiger partial charge is 0.475 e. The molecule has 0 spiro atoms. The number of benzene rings is 1. The van der Waals surface area contributed by atoms with Gasteiger partial charge in [-0.2, -0.15) is 13.2 Å². The van der Waals surface area contributed by atoms with Crippen LogP contribution in [0.4, 0.5) is 17.6 Å². The molecule has 4 rings (SSSR count). The third-order valence-corrected chi connectivity index (χ3v) is 5.54. The number of aromatic nitrogens is 1. The number of nitrogens with zero attached hydrogens (tertiary/aromatic N) is 2. The summed E-state index contributed by atoms with van der Waals surface area (Å²) in [7, 11) is 0. The molecule has 1 aromatic carbocycles. The second kappa shape index (κ2) is 10.3. The molecule has 0 bridgehead atoms. The summed E-state index contributed by atoms with van der Waals surface area (Å²) in [6, 6.07) is 9.97. The van der Waals surface area contributed by atoms with Crippen molar-refractivity contribution in [3.8, 4) is 0 Å². The first kappa shape index (κ1) is 24.6. The van der Waals surface area contributed by atoms with Gasteiger partial charge in [0, 0.05) is 36.8 Å². The van der Waals surface area contributed by atoms with Gasteiger partial charge < -0.3 is 19.5 Å². The number of pyridine rings is 1. The minimum Gasteiger partial charge on any atom is -0.475 e. The number of fused-ring (bicyclic) bond motifs is 1. The third-order valence-electron chi connectivity index (χ3n) is 5.54. The van der Waals surface area contributed by atoms with Gasteiger partial charge in [-0.25, -0.2) is 9.18 Å². The van der Waals surface area contributed by atoms with E-state index in [0.717, 1.165) is 5.56 Å². The van der Waals surface area contributed by atoms with E-state index >= 15 is 0 Å². The minimum absolute atomic E-state index is 0.125. The van der Waals surface area contributed by atoms with Gasteiger partial charge in [0.2, 0.25) is 0 Å².